The van der Waals surface area contributed by atoms with Gasteiger partial charge in [-0.1, -0.05) is 15.6 Å². The average Bonchev–Trinajstić information content (AvgIpc) is 1.18. The third kappa shape index (κ3) is 43.7. The Morgan fingerprint density at radius 3 is 0.963 bits per heavy atom. The molecule has 7 rings (SSSR count). The summed E-state index contributed by atoms with van der Waals surface area (Å²) in [7, 11) is 0. The number of rotatable bonds is 76. The maximum atomic E-state index is 14.2. The molecule has 4 aliphatic heterocycles. The summed E-state index contributed by atoms with van der Waals surface area (Å²) in [5, 5.41) is 133. The van der Waals surface area contributed by atoms with Gasteiger partial charge in [0, 0.05) is 71.8 Å². The number of nitrogens with one attached hydrogen (secondary N) is 6. The zero-order valence-electron chi connectivity index (χ0n) is 75.7. The topological polar surface area (TPSA) is 680 Å². The van der Waals surface area contributed by atoms with E-state index in [1.807, 2.05) is 0 Å². The first-order valence-electron chi connectivity index (χ1n) is 44.1. The van der Waals surface area contributed by atoms with Crippen LogP contribution in [0.2, 0.25) is 0 Å². The van der Waals surface area contributed by atoms with Gasteiger partial charge in [0.2, 0.25) is 35.4 Å². The Balaban J connectivity index is 0.866. The molecule has 7 heterocycles. The third-order valence-corrected chi connectivity index (χ3v) is 19.9. The maximum Gasteiger partial charge on any atom is 0.253 e. The van der Waals surface area contributed by atoms with Crippen LogP contribution in [0, 0.1) is 0 Å². The monoisotopic (exact) mass is 1930 g/mol. The Morgan fingerprint density at radius 1 is 0.351 bits per heavy atom. The van der Waals surface area contributed by atoms with E-state index in [0.717, 1.165) is 4.90 Å². The molecule has 3 fully saturated rings. The molecule has 54 nitrogen and oxygen atoms in total. The summed E-state index contributed by atoms with van der Waals surface area (Å²) >= 11 is 0. The molecule has 0 radical (unpaired) electrons. The standard InChI is InChI=1S/C80H134N16O38/c1-54(100)83-68-74(111)71(108)60(45-97)132-77(68)129-39-36-123-27-22-116-17-12-93-42-57(87-90-93)48-126-51-80(52-127-49-58-43-94(91-88-58)13-18-117-23-28-124-37-40-130-78-69(84-55(2)101)75(112)72(109)61(46-98)133-78,53-128-50-59-44-95(92-89-59)14-19-118-24-29-125-38-41-131-79-70(85-56(3)102)76(113)73(110)62(47-99)134-79)86-65(105)6-9-81-64(104)8-15-114-20-25-119-30-32-121-34-35-122-33-31-120-26-21-115-16-10-82-63(103)7-11-96-66(106)4-5-67(96)107/h4-5,42-44,60-62,68-79,97-99,108-113H,6-41,45-53H2,1-3H3,(H,81,104)(H,82,103)(H,83,100)(H,84,101)(H,85,102)(H,86,105)/t60?,61?,62?,68-,69-,70-,71-,72-,73-,74?,75?,76?,77+,78+,79+,80?/m1/s1. The lowest BCUT2D eigenvalue weighted by atomic mass is 9.97. The summed E-state index contributed by atoms with van der Waals surface area (Å²) in [5.41, 5.74) is -0.282. The highest BCUT2D eigenvalue weighted by atomic mass is 16.7. The van der Waals surface area contributed by atoms with E-state index in [4.69, 9.17) is 99.5 Å². The number of hydrogen-bond acceptors (Lipinski definition) is 44. The summed E-state index contributed by atoms with van der Waals surface area (Å²) in [6, 6.07) is -3.32. The summed E-state index contributed by atoms with van der Waals surface area (Å²) in [6.07, 6.45) is -8.73. The van der Waals surface area contributed by atoms with E-state index in [1.54, 1.807) is 18.6 Å². The fourth-order valence-electron chi connectivity index (χ4n) is 13.1. The van der Waals surface area contributed by atoms with E-state index in [2.05, 4.69) is 62.8 Å². The van der Waals surface area contributed by atoms with Crippen LogP contribution in [0.25, 0.3) is 0 Å². The van der Waals surface area contributed by atoms with Crippen molar-refractivity contribution >= 4 is 47.3 Å². The van der Waals surface area contributed by atoms with Crippen LogP contribution in [0.1, 0.15) is 57.1 Å². The van der Waals surface area contributed by atoms with Crippen LogP contribution in [0.5, 0.6) is 0 Å². The molecule has 0 aliphatic carbocycles. The van der Waals surface area contributed by atoms with Crippen LogP contribution >= 0.6 is 0 Å². The SMILES string of the molecule is CC(=O)N[C@@H]1C(O)[C@H](O)C(CO)O[C@@H]1OCCOCCOCCn1cc(COCC(COCc2cn(CCOCCOCCO[C@H]3OC(CO)[C@@H](O)C(O)[C@H]3NC(C)=O)nn2)(COCc2cn(CCOCCOCCO[C@H]3OC(CO)[C@@H](O)C(O)[C@H]3NC(C)=O)nn2)NC(=O)CCNC(=O)CCOCCOCCOCCOCCOCCOCCNC(=O)CCN2C(=O)C=CC2=O)nn1. The fourth-order valence-corrected chi connectivity index (χ4v) is 13.1. The number of aromatic nitrogens is 9. The lowest BCUT2D eigenvalue weighted by molar-refractivity contribution is -0.272. The lowest BCUT2D eigenvalue weighted by Crippen LogP contribution is -2.64. The highest BCUT2D eigenvalue weighted by Crippen LogP contribution is 2.26. The molecule has 134 heavy (non-hydrogen) atoms. The Bertz CT molecular complexity index is 3540. The molecule has 0 bridgehead atoms. The van der Waals surface area contributed by atoms with Gasteiger partial charge in [0.05, 0.1) is 276 Å². The van der Waals surface area contributed by atoms with Crippen molar-refractivity contribution in [3.63, 3.8) is 0 Å². The average molecular weight is 1930 g/mol. The van der Waals surface area contributed by atoms with Crippen LogP contribution < -0.4 is 31.9 Å². The predicted molar refractivity (Wildman–Crippen MR) is 449 cm³/mol. The number of hydrogen-bond donors (Lipinski definition) is 15. The van der Waals surface area contributed by atoms with Crippen molar-refractivity contribution in [2.45, 2.75) is 177 Å². The van der Waals surface area contributed by atoms with E-state index in [0.29, 0.717) is 63.3 Å². The lowest BCUT2D eigenvalue weighted by Gasteiger charge is -2.42. The number of nitrogens with zero attached hydrogens (tertiary/aromatic N) is 10. The molecule has 3 aromatic heterocycles. The third-order valence-electron chi connectivity index (χ3n) is 19.9. The molecular weight excluding hydrogens is 1790 g/mol. The van der Waals surface area contributed by atoms with E-state index in [9.17, 15) is 84.3 Å². The van der Waals surface area contributed by atoms with Gasteiger partial charge in [-0.2, -0.15) is 0 Å². The van der Waals surface area contributed by atoms with Crippen molar-refractivity contribution in [1.82, 2.24) is 81.8 Å². The summed E-state index contributed by atoms with van der Waals surface area (Å²) in [5.74, 6) is -3.58. The molecular formula is C80H134N16O38. The van der Waals surface area contributed by atoms with Gasteiger partial charge in [0.25, 0.3) is 11.8 Å². The maximum absolute atomic E-state index is 14.2. The quantitative estimate of drug-likeness (QED) is 0.0184. The number of imide groups is 1. The van der Waals surface area contributed by atoms with Gasteiger partial charge in [-0.15, -0.1) is 15.3 Å². The van der Waals surface area contributed by atoms with Gasteiger partial charge >= 0.3 is 0 Å². The molecule has 3 saturated heterocycles. The van der Waals surface area contributed by atoms with Gasteiger partial charge in [-0.05, 0) is 0 Å². The van der Waals surface area contributed by atoms with Crippen molar-refractivity contribution in [3.8, 4) is 0 Å². The van der Waals surface area contributed by atoms with E-state index in [-0.39, 0.29) is 242 Å². The van der Waals surface area contributed by atoms with E-state index in [1.165, 1.54) is 47.0 Å². The van der Waals surface area contributed by atoms with E-state index >= 15 is 0 Å². The molecule has 54 heteroatoms. The van der Waals surface area contributed by atoms with Crippen LogP contribution in [-0.4, -0.2) is 478 Å². The number of ether oxygens (including phenoxy) is 21. The highest BCUT2D eigenvalue weighted by molar-refractivity contribution is 6.13. The number of aliphatic hydroxyl groups is 9. The second-order valence-corrected chi connectivity index (χ2v) is 30.6. The minimum atomic E-state index is -1.48. The van der Waals surface area contributed by atoms with Gasteiger partial charge in [0.15, 0.2) is 18.9 Å². The van der Waals surface area contributed by atoms with Crippen molar-refractivity contribution in [1.29, 1.82) is 0 Å². The summed E-state index contributed by atoms with van der Waals surface area (Å²) < 4.78 is 125. The minimum Gasteiger partial charge on any atom is -0.394 e. The molecule has 0 saturated carbocycles. The van der Waals surface area contributed by atoms with Gasteiger partial charge in [-0.25, -0.2) is 14.0 Å². The zero-order valence-corrected chi connectivity index (χ0v) is 75.7. The minimum absolute atomic E-state index is 0.00524. The molecule has 8 amide bonds. The van der Waals surface area contributed by atoms with Crippen LogP contribution in [-0.2, 0) is 177 Å². The molecule has 4 aliphatic rings. The molecule has 762 valence electrons. The zero-order chi connectivity index (χ0) is 96.5. The fraction of sp³-hybridized carbons (Fsp3) is 0.800. The molecule has 15 N–H and O–H groups in total. The molecule has 3 aromatic rings. The number of aliphatic hydroxyl groups excluding tert-OH is 9. The van der Waals surface area contributed by atoms with Gasteiger partial charge < -0.3 is 177 Å². The second kappa shape index (κ2) is 65.7. The Kier molecular flexibility index (Phi) is 55.3. The number of carbonyl (C=O) groups excluding carboxylic acids is 8. The Labute approximate surface area is 772 Å². The normalized spacial score (nSPS) is 22.9. The molecule has 6 unspecified atom stereocenters. The molecule has 0 aromatic carbocycles. The van der Waals surface area contributed by atoms with Crippen molar-refractivity contribution in [2.24, 2.45) is 0 Å². The smallest absolute Gasteiger partial charge is 0.253 e. The van der Waals surface area contributed by atoms with E-state index < -0.39 is 153 Å². The van der Waals surface area contributed by atoms with Crippen molar-refractivity contribution in [3.05, 3.63) is 47.8 Å². The predicted octanol–water partition coefficient (Wildman–Crippen LogP) is -10.3. The number of carbonyl (C=O) groups is 8. The Hall–Kier alpha value is -8.08. The van der Waals surface area contributed by atoms with Gasteiger partial charge in [-0.3, -0.25) is 43.3 Å². The van der Waals surface area contributed by atoms with Gasteiger partial charge in [0.1, 0.15) is 95.7 Å². The first-order chi connectivity index (χ1) is 64.9. The van der Waals surface area contributed by atoms with Crippen LogP contribution in [0.4, 0.5) is 0 Å². The van der Waals surface area contributed by atoms with Crippen molar-refractivity contribution in [2.75, 3.05) is 238 Å². The summed E-state index contributed by atoms with van der Waals surface area (Å²) in [4.78, 5) is 98.9. The molecule has 0 spiro atoms. The molecule has 15 atom stereocenters. The highest BCUT2D eigenvalue weighted by Gasteiger charge is 2.48. The van der Waals surface area contributed by atoms with Crippen molar-refractivity contribution < 1.29 is 184 Å². The largest absolute Gasteiger partial charge is 0.394 e. The van der Waals surface area contributed by atoms with Crippen LogP contribution in [0.3, 0.4) is 0 Å². The van der Waals surface area contributed by atoms with Crippen LogP contribution in [0.15, 0.2) is 30.7 Å². The number of amides is 8. The first-order valence-corrected chi connectivity index (χ1v) is 44.1. The second-order valence-electron chi connectivity index (χ2n) is 30.6. The first kappa shape index (κ1) is 113. The Morgan fingerprint density at radius 2 is 0.642 bits per heavy atom. The summed E-state index contributed by atoms with van der Waals surface area (Å²) in [6.45, 7) is 6.83.